The highest BCUT2D eigenvalue weighted by Gasteiger charge is 2.24. The highest BCUT2D eigenvalue weighted by atomic mass is 19.1. The van der Waals surface area contributed by atoms with Gasteiger partial charge in [0.05, 0.1) is 25.0 Å². The van der Waals surface area contributed by atoms with E-state index in [2.05, 4.69) is 30.4 Å². The van der Waals surface area contributed by atoms with Crippen molar-refractivity contribution < 1.29 is 13.9 Å². The standard InChI is InChI=1S/C20H23FN6O2/c1-12-10-27(11-13(2)29-12)20-22-7-6-18(24-20)23-19-9-16(25-26-19)14-4-5-17(28-3)15(21)8-14/h4-9,12-13H,10-11H2,1-3H3,(H2,22,23,24,25,26)/t12-,13-/m0/s1. The normalized spacial score (nSPS) is 19.2. The van der Waals surface area contributed by atoms with Crippen molar-refractivity contribution in [3.05, 3.63) is 42.3 Å². The van der Waals surface area contributed by atoms with Crippen molar-refractivity contribution in [3.63, 3.8) is 0 Å². The van der Waals surface area contributed by atoms with E-state index in [9.17, 15) is 4.39 Å². The number of methoxy groups -OCH3 is 1. The zero-order chi connectivity index (χ0) is 20.4. The Bertz CT molecular complexity index is 985. The molecule has 152 valence electrons. The summed E-state index contributed by atoms with van der Waals surface area (Å²) in [5.41, 5.74) is 1.35. The number of anilines is 3. The van der Waals surface area contributed by atoms with Gasteiger partial charge < -0.3 is 19.7 Å². The molecule has 3 heterocycles. The third kappa shape index (κ3) is 4.29. The van der Waals surface area contributed by atoms with Crippen molar-refractivity contribution in [2.24, 2.45) is 0 Å². The molecular formula is C20H23FN6O2. The number of morpholine rings is 1. The summed E-state index contributed by atoms with van der Waals surface area (Å²) < 4.78 is 24.7. The van der Waals surface area contributed by atoms with Gasteiger partial charge in [-0.2, -0.15) is 10.1 Å². The van der Waals surface area contributed by atoms with Crippen LogP contribution in [0.25, 0.3) is 11.3 Å². The molecule has 1 aliphatic heterocycles. The fraction of sp³-hybridized carbons (Fsp3) is 0.350. The van der Waals surface area contributed by atoms with Gasteiger partial charge in [0, 0.05) is 30.9 Å². The molecule has 0 unspecified atom stereocenters. The highest BCUT2D eigenvalue weighted by Crippen LogP contribution is 2.26. The van der Waals surface area contributed by atoms with Crippen LogP contribution in [0, 0.1) is 5.82 Å². The molecular weight excluding hydrogens is 375 g/mol. The number of rotatable bonds is 5. The molecule has 3 aromatic rings. The molecule has 0 bridgehead atoms. The summed E-state index contributed by atoms with van der Waals surface area (Å²) in [5, 5.41) is 10.3. The topological polar surface area (TPSA) is 88.2 Å². The van der Waals surface area contributed by atoms with E-state index in [-0.39, 0.29) is 18.0 Å². The third-order valence-corrected chi connectivity index (χ3v) is 4.64. The SMILES string of the molecule is COc1ccc(-c2cc(Nc3ccnc(N4C[C@H](C)O[C@@H](C)C4)n3)n[nH]2)cc1F. The Morgan fingerprint density at radius 2 is 1.97 bits per heavy atom. The lowest BCUT2D eigenvalue weighted by atomic mass is 10.1. The molecule has 1 fully saturated rings. The molecule has 2 aromatic heterocycles. The van der Waals surface area contributed by atoms with Crippen LogP contribution in [0.1, 0.15) is 13.8 Å². The van der Waals surface area contributed by atoms with Crippen LogP contribution in [0.5, 0.6) is 5.75 Å². The number of aromatic nitrogens is 4. The fourth-order valence-electron chi connectivity index (χ4n) is 3.41. The van der Waals surface area contributed by atoms with E-state index in [1.165, 1.54) is 13.2 Å². The molecule has 2 N–H and O–H groups in total. The fourth-order valence-corrected chi connectivity index (χ4v) is 3.41. The minimum atomic E-state index is -0.427. The van der Waals surface area contributed by atoms with Gasteiger partial charge in [-0.15, -0.1) is 0 Å². The third-order valence-electron chi connectivity index (χ3n) is 4.64. The van der Waals surface area contributed by atoms with Crippen molar-refractivity contribution in [1.29, 1.82) is 0 Å². The number of nitrogens with zero attached hydrogens (tertiary/aromatic N) is 4. The van der Waals surface area contributed by atoms with Gasteiger partial charge in [-0.1, -0.05) is 0 Å². The summed E-state index contributed by atoms with van der Waals surface area (Å²) in [7, 11) is 1.44. The maximum atomic E-state index is 14.0. The Labute approximate surface area is 168 Å². The summed E-state index contributed by atoms with van der Waals surface area (Å²) in [6, 6.07) is 8.32. The zero-order valence-electron chi connectivity index (χ0n) is 16.5. The molecule has 0 saturated carbocycles. The second kappa shape index (κ2) is 8.04. The van der Waals surface area contributed by atoms with E-state index >= 15 is 0 Å². The molecule has 1 saturated heterocycles. The average Bonchev–Trinajstić information content (AvgIpc) is 3.16. The summed E-state index contributed by atoms with van der Waals surface area (Å²) in [6.45, 7) is 5.56. The first kappa shape index (κ1) is 19.1. The van der Waals surface area contributed by atoms with E-state index in [0.29, 0.717) is 28.8 Å². The van der Waals surface area contributed by atoms with Crippen LogP contribution in [0.2, 0.25) is 0 Å². The molecule has 0 radical (unpaired) electrons. The Morgan fingerprint density at radius 1 is 1.17 bits per heavy atom. The number of aromatic amines is 1. The number of H-pyrrole nitrogens is 1. The summed E-state index contributed by atoms with van der Waals surface area (Å²) in [6.07, 6.45) is 1.96. The maximum absolute atomic E-state index is 14.0. The minimum Gasteiger partial charge on any atom is -0.494 e. The van der Waals surface area contributed by atoms with Crippen LogP contribution >= 0.6 is 0 Å². The zero-order valence-corrected chi connectivity index (χ0v) is 16.5. The number of hydrogen-bond acceptors (Lipinski definition) is 7. The number of benzene rings is 1. The quantitative estimate of drug-likeness (QED) is 0.681. The molecule has 2 atom stereocenters. The summed E-state index contributed by atoms with van der Waals surface area (Å²) in [5.74, 6) is 1.62. The molecule has 8 nitrogen and oxygen atoms in total. The maximum Gasteiger partial charge on any atom is 0.227 e. The first-order valence-electron chi connectivity index (χ1n) is 9.41. The number of hydrogen-bond donors (Lipinski definition) is 2. The second-order valence-electron chi connectivity index (χ2n) is 7.05. The monoisotopic (exact) mass is 398 g/mol. The first-order chi connectivity index (χ1) is 14.0. The average molecular weight is 398 g/mol. The Morgan fingerprint density at radius 3 is 2.69 bits per heavy atom. The number of nitrogens with one attached hydrogen (secondary N) is 2. The highest BCUT2D eigenvalue weighted by molar-refractivity contribution is 5.66. The van der Waals surface area contributed by atoms with Crippen molar-refractivity contribution >= 4 is 17.6 Å². The van der Waals surface area contributed by atoms with E-state index in [0.717, 1.165) is 13.1 Å². The molecule has 0 amide bonds. The van der Waals surface area contributed by atoms with Crippen LogP contribution < -0.4 is 15.0 Å². The summed E-state index contributed by atoms with van der Waals surface area (Å²) in [4.78, 5) is 11.1. The van der Waals surface area contributed by atoms with E-state index in [1.54, 1.807) is 30.5 Å². The molecule has 0 aliphatic carbocycles. The minimum absolute atomic E-state index is 0.123. The molecule has 4 rings (SSSR count). The molecule has 29 heavy (non-hydrogen) atoms. The predicted molar refractivity (Wildman–Crippen MR) is 108 cm³/mol. The molecule has 1 aliphatic rings. The Kier molecular flexibility index (Phi) is 5.30. The van der Waals surface area contributed by atoms with E-state index in [4.69, 9.17) is 9.47 Å². The van der Waals surface area contributed by atoms with Crippen LogP contribution in [0.4, 0.5) is 22.0 Å². The summed E-state index contributed by atoms with van der Waals surface area (Å²) >= 11 is 0. The van der Waals surface area contributed by atoms with Crippen molar-refractivity contribution in [2.75, 3.05) is 30.4 Å². The van der Waals surface area contributed by atoms with Crippen LogP contribution in [0.15, 0.2) is 36.5 Å². The van der Waals surface area contributed by atoms with Crippen LogP contribution in [-0.4, -0.2) is 52.6 Å². The van der Waals surface area contributed by atoms with Crippen LogP contribution in [0.3, 0.4) is 0 Å². The van der Waals surface area contributed by atoms with Crippen LogP contribution in [-0.2, 0) is 4.74 Å². The lowest BCUT2D eigenvalue weighted by Gasteiger charge is -2.35. The van der Waals surface area contributed by atoms with Gasteiger partial charge in [-0.05, 0) is 38.1 Å². The van der Waals surface area contributed by atoms with E-state index < -0.39 is 5.82 Å². The van der Waals surface area contributed by atoms with Gasteiger partial charge in [-0.3, -0.25) is 5.10 Å². The largest absolute Gasteiger partial charge is 0.494 e. The second-order valence-corrected chi connectivity index (χ2v) is 7.05. The molecule has 1 aromatic carbocycles. The van der Waals surface area contributed by atoms with E-state index in [1.807, 2.05) is 13.8 Å². The van der Waals surface area contributed by atoms with Crippen molar-refractivity contribution in [2.45, 2.75) is 26.1 Å². The smallest absolute Gasteiger partial charge is 0.227 e. The van der Waals surface area contributed by atoms with Gasteiger partial charge in [0.25, 0.3) is 0 Å². The number of ether oxygens (including phenoxy) is 2. The first-order valence-corrected chi connectivity index (χ1v) is 9.41. The Balaban J connectivity index is 1.50. The van der Waals surface area contributed by atoms with Gasteiger partial charge in [0.1, 0.15) is 5.82 Å². The van der Waals surface area contributed by atoms with Gasteiger partial charge in [0.15, 0.2) is 17.4 Å². The predicted octanol–water partition coefficient (Wildman–Crippen LogP) is 3.37. The molecule has 0 spiro atoms. The molecule has 9 heteroatoms. The van der Waals surface area contributed by atoms with Crippen molar-refractivity contribution in [3.8, 4) is 17.0 Å². The Hall–Kier alpha value is -3.20. The lowest BCUT2D eigenvalue weighted by molar-refractivity contribution is -0.00571. The van der Waals surface area contributed by atoms with Crippen molar-refractivity contribution in [1.82, 2.24) is 20.2 Å². The van der Waals surface area contributed by atoms with Gasteiger partial charge >= 0.3 is 0 Å². The number of halogens is 1. The van der Waals surface area contributed by atoms with Gasteiger partial charge in [-0.25, -0.2) is 9.37 Å². The lowest BCUT2D eigenvalue weighted by Crippen LogP contribution is -2.46. The van der Waals surface area contributed by atoms with Gasteiger partial charge in [0.2, 0.25) is 5.95 Å².